The van der Waals surface area contributed by atoms with Crippen LogP contribution >= 0.6 is 0 Å². The SMILES string of the molecule is COC(=O)C(C)(CCC1C(C)C2CC1C(C(=O)OC(C)(C)C)(C(F)(F)F)C2)C(F)(F)F. The van der Waals surface area contributed by atoms with Crippen LogP contribution in [0.25, 0.3) is 0 Å². The van der Waals surface area contributed by atoms with Gasteiger partial charge in [-0.25, -0.2) is 0 Å². The van der Waals surface area contributed by atoms with E-state index in [2.05, 4.69) is 4.74 Å². The largest absolute Gasteiger partial charge is 0.468 e. The number of carbonyl (C=O) groups is 2. The van der Waals surface area contributed by atoms with Crippen LogP contribution in [0.3, 0.4) is 0 Å². The molecule has 0 heterocycles. The Labute approximate surface area is 178 Å². The van der Waals surface area contributed by atoms with Crippen LogP contribution in [0.5, 0.6) is 0 Å². The van der Waals surface area contributed by atoms with Crippen molar-refractivity contribution in [2.45, 2.75) is 78.3 Å². The molecule has 6 atom stereocenters. The number of carbonyl (C=O) groups excluding carboxylic acids is 2. The van der Waals surface area contributed by atoms with Crippen molar-refractivity contribution in [2.75, 3.05) is 7.11 Å². The van der Waals surface area contributed by atoms with Crippen LogP contribution < -0.4 is 0 Å². The van der Waals surface area contributed by atoms with Gasteiger partial charge in [-0.1, -0.05) is 6.92 Å². The molecular formula is C21H30F6O4. The predicted molar refractivity (Wildman–Crippen MR) is 98.6 cm³/mol. The first-order valence-electron chi connectivity index (χ1n) is 10.3. The van der Waals surface area contributed by atoms with E-state index in [-0.39, 0.29) is 18.8 Å². The summed E-state index contributed by atoms with van der Waals surface area (Å²) in [5.41, 5.74) is -6.73. The number of hydrogen-bond acceptors (Lipinski definition) is 4. The van der Waals surface area contributed by atoms with Crippen molar-refractivity contribution in [1.82, 2.24) is 0 Å². The van der Waals surface area contributed by atoms with Crippen LogP contribution in [0.1, 0.15) is 60.3 Å². The second kappa shape index (κ2) is 7.83. The maximum absolute atomic E-state index is 14.3. The fraction of sp³-hybridized carbons (Fsp3) is 0.905. The standard InChI is InChI=1S/C21H30F6O4/c1-11-12-9-14(13(11)7-8-18(5,15(28)30-6)20(22,23)24)19(10-12,21(25,26)27)16(29)31-17(2,3)4/h11-14H,7-10H2,1-6H3. The van der Waals surface area contributed by atoms with Gasteiger partial charge in [0, 0.05) is 0 Å². The van der Waals surface area contributed by atoms with Crippen molar-refractivity contribution in [3.63, 3.8) is 0 Å². The minimum Gasteiger partial charge on any atom is -0.468 e. The fourth-order valence-corrected chi connectivity index (χ4v) is 5.38. The molecule has 0 aliphatic heterocycles. The maximum Gasteiger partial charge on any atom is 0.405 e. The fourth-order valence-electron chi connectivity index (χ4n) is 5.38. The monoisotopic (exact) mass is 460 g/mol. The van der Waals surface area contributed by atoms with Crippen molar-refractivity contribution >= 4 is 11.9 Å². The second-order valence-electron chi connectivity index (χ2n) is 10.2. The molecule has 2 saturated carbocycles. The summed E-state index contributed by atoms with van der Waals surface area (Å²) in [7, 11) is 0.837. The van der Waals surface area contributed by atoms with Gasteiger partial charge in [-0.05, 0) is 77.0 Å². The van der Waals surface area contributed by atoms with Crippen LogP contribution in [0.15, 0.2) is 0 Å². The molecule has 4 nitrogen and oxygen atoms in total. The Balaban J connectivity index is 2.38. The molecule has 6 unspecified atom stereocenters. The summed E-state index contributed by atoms with van der Waals surface area (Å²) in [5.74, 6) is -5.62. The molecule has 2 fully saturated rings. The van der Waals surface area contributed by atoms with E-state index in [1.54, 1.807) is 6.92 Å². The zero-order valence-electron chi connectivity index (χ0n) is 18.5. The highest BCUT2D eigenvalue weighted by atomic mass is 19.4. The molecule has 180 valence electrons. The number of fused-ring (bicyclic) bond motifs is 2. The highest BCUT2D eigenvalue weighted by Gasteiger charge is 2.74. The summed E-state index contributed by atoms with van der Waals surface area (Å²) in [6.07, 6.45) is -11.2. The Morgan fingerprint density at radius 2 is 1.58 bits per heavy atom. The highest BCUT2D eigenvalue weighted by Crippen LogP contribution is 2.68. The van der Waals surface area contributed by atoms with Crippen molar-refractivity contribution in [1.29, 1.82) is 0 Å². The smallest absolute Gasteiger partial charge is 0.405 e. The number of esters is 2. The number of alkyl halides is 6. The molecule has 0 aromatic carbocycles. The Bertz CT molecular complexity index is 710. The molecule has 2 rings (SSSR count). The molecule has 0 spiro atoms. The van der Waals surface area contributed by atoms with Gasteiger partial charge in [0.1, 0.15) is 5.60 Å². The van der Waals surface area contributed by atoms with Crippen LogP contribution in [-0.2, 0) is 19.1 Å². The number of halogens is 6. The molecule has 2 bridgehead atoms. The Morgan fingerprint density at radius 3 is 1.97 bits per heavy atom. The zero-order valence-corrected chi connectivity index (χ0v) is 18.5. The first-order chi connectivity index (χ1) is 13.8. The molecule has 0 saturated heterocycles. The summed E-state index contributed by atoms with van der Waals surface area (Å²) in [6.45, 7) is 6.80. The van der Waals surface area contributed by atoms with E-state index in [0.29, 0.717) is 6.92 Å². The number of rotatable bonds is 5. The molecular weight excluding hydrogens is 430 g/mol. The Morgan fingerprint density at radius 1 is 1.03 bits per heavy atom. The lowest BCUT2D eigenvalue weighted by Crippen LogP contribution is -2.54. The summed E-state index contributed by atoms with van der Waals surface area (Å²) < 4.78 is 93.1. The first-order valence-corrected chi connectivity index (χ1v) is 10.3. The third-order valence-corrected chi connectivity index (χ3v) is 7.22. The van der Waals surface area contributed by atoms with E-state index in [4.69, 9.17) is 4.74 Å². The normalized spacial score (nSPS) is 33.2. The van der Waals surface area contributed by atoms with Gasteiger partial charge in [-0.3, -0.25) is 9.59 Å². The third kappa shape index (κ3) is 4.27. The van der Waals surface area contributed by atoms with Crippen LogP contribution in [0.2, 0.25) is 0 Å². The highest BCUT2D eigenvalue weighted by molar-refractivity contribution is 5.80. The zero-order chi connectivity index (χ0) is 24.2. The van der Waals surface area contributed by atoms with Gasteiger partial charge in [-0.15, -0.1) is 0 Å². The van der Waals surface area contributed by atoms with E-state index in [0.717, 1.165) is 7.11 Å². The predicted octanol–water partition coefficient (Wildman–Crippen LogP) is 5.69. The van der Waals surface area contributed by atoms with Crippen LogP contribution in [0, 0.1) is 34.5 Å². The van der Waals surface area contributed by atoms with Crippen molar-refractivity contribution in [3.05, 3.63) is 0 Å². The van der Waals surface area contributed by atoms with Crippen molar-refractivity contribution < 1.29 is 45.4 Å². The molecule has 31 heavy (non-hydrogen) atoms. The van der Waals surface area contributed by atoms with Crippen LogP contribution in [0.4, 0.5) is 26.3 Å². The number of hydrogen-bond donors (Lipinski definition) is 0. The van der Waals surface area contributed by atoms with Gasteiger partial charge in [-0.2, -0.15) is 26.3 Å². The molecule has 0 aromatic rings. The van der Waals surface area contributed by atoms with Gasteiger partial charge in [0.05, 0.1) is 7.11 Å². The Kier molecular flexibility index (Phi) is 6.51. The molecule has 10 heteroatoms. The average Bonchev–Trinajstić information content (AvgIpc) is 3.12. The van der Waals surface area contributed by atoms with Gasteiger partial charge in [0.15, 0.2) is 10.8 Å². The summed E-state index contributed by atoms with van der Waals surface area (Å²) >= 11 is 0. The minimum atomic E-state index is -4.92. The number of methoxy groups -OCH3 is 1. The van der Waals surface area contributed by atoms with E-state index in [1.165, 1.54) is 20.8 Å². The summed E-state index contributed by atoms with van der Waals surface area (Å²) in [5, 5.41) is 0. The van der Waals surface area contributed by atoms with E-state index in [9.17, 15) is 35.9 Å². The van der Waals surface area contributed by atoms with E-state index in [1.807, 2.05) is 0 Å². The van der Waals surface area contributed by atoms with Gasteiger partial charge in [0.25, 0.3) is 0 Å². The lowest BCUT2D eigenvalue weighted by molar-refractivity contribution is -0.261. The summed E-state index contributed by atoms with van der Waals surface area (Å²) in [4.78, 5) is 24.7. The second-order valence-corrected chi connectivity index (χ2v) is 10.2. The first kappa shape index (κ1) is 25.8. The molecule has 0 radical (unpaired) electrons. The molecule has 0 amide bonds. The third-order valence-electron chi connectivity index (χ3n) is 7.22. The molecule has 2 aliphatic carbocycles. The van der Waals surface area contributed by atoms with Crippen molar-refractivity contribution in [2.24, 2.45) is 34.5 Å². The minimum absolute atomic E-state index is 0.0888. The van der Waals surface area contributed by atoms with E-state index < -0.39 is 71.3 Å². The lowest BCUT2D eigenvalue weighted by atomic mass is 9.62. The van der Waals surface area contributed by atoms with Gasteiger partial charge in [0.2, 0.25) is 0 Å². The molecule has 0 aromatic heterocycles. The number of ether oxygens (including phenoxy) is 2. The topological polar surface area (TPSA) is 52.6 Å². The van der Waals surface area contributed by atoms with E-state index >= 15 is 0 Å². The summed E-state index contributed by atoms with van der Waals surface area (Å²) in [6, 6.07) is 0. The Hall–Kier alpha value is -1.48. The van der Waals surface area contributed by atoms with Gasteiger partial charge < -0.3 is 9.47 Å². The van der Waals surface area contributed by atoms with Crippen LogP contribution in [-0.4, -0.2) is 37.0 Å². The van der Waals surface area contributed by atoms with Gasteiger partial charge >= 0.3 is 24.3 Å². The molecule has 0 N–H and O–H groups in total. The maximum atomic E-state index is 14.3. The lowest BCUT2D eigenvalue weighted by Gasteiger charge is -2.44. The average molecular weight is 460 g/mol. The quantitative estimate of drug-likeness (QED) is 0.391. The molecule has 2 aliphatic rings. The van der Waals surface area contributed by atoms with Crippen molar-refractivity contribution in [3.8, 4) is 0 Å².